The maximum Gasteiger partial charge on any atom is 0.157 e. The van der Waals surface area contributed by atoms with Gasteiger partial charge in [0.1, 0.15) is 6.10 Å². The van der Waals surface area contributed by atoms with Gasteiger partial charge in [0.05, 0.1) is 23.9 Å². The molecule has 1 N–H and O–H groups in total. The van der Waals surface area contributed by atoms with E-state index in [9.17, 15) is 8.42 Å². The molecule has 14 heavy (non-hydrogen) atoms. The average Bonchev–Trinajstić information content (AvgIpc) is 2.54. The van der Waals surface area contributed by atoms with Crippen molar-refractivity contribution in [2.24, 2.45) is 0 Å². The smallest absolute Gasteiger partial charge is 0.157 e. The van der Waals surface area contributed by atoms with Crippen LogP contribution >= 0.6 is 0 Å². The number of nitrogens with zero attached hydrogens (tertiary/aromatic N) is 1. The summed E-state index contributed by atoms with van der Waals surface area (Å²) < 4.78 is 28.0. The van der Waals surface area contributed by atoms with Crippen LogP contribution in [0, 0.1) is 0 Å². The Labute approximate surface area is 82.4 Å². The normalized spacial score (nSPS) is 25.9. The molecule has 0 amide bonds. The van der Waals surface area contributed by atoms with Gasteiger partial charge in [-0.2, -0.15) is 5.10 Å². The third kappa shape index (κ3) is 2.25. The van der Waals surface area contributed by atoms with Gasteiger partial charge in [-0.05, 0) is 12.8 Å². The van der Waals surface area contributed by atoms with Gasteiger partial charge in [-0.3, -0.25) is 5.10 Å². The fraction of sp³-hybridized carbons (Fsp3) is 0.625. The van der Waals surface area contributed by atoms with E-state index in [2.05, 4.69) is 10.2 Å². The lowest BCUT2D eigenvalue weighted by Crippen LogP contribution is -2.33. The highest BCUT2D eigenvalue weighted by Crippen LogP contribution is 2.18. The van der Waals surface area contributed by atoms with Crippen LogP contribution in [0.4, 0.5) is 0 Å². The van der Waals surface area contributed by atoms with Crippen molar-refractivity contribution in [1.29, 1.82) is 0 Å². The van der Waals surface area contributed by atoms with E-state index in [-0.39, 0.29) is 17.6 Å². The third-order valence-corrected chi connectivity index (χ3v) is 3.99. The van der Waals surface area contributed by atoms with Crippen molar-refractivity contribution in [3.63, 3.8) is 0 Å². The van der Waals surface area contributed by atoms with Gasteiger partial charge in [0, 0.05) is 0 Å². The largest absolute Gasteiger partial charge is 0.486 e. The van der Waals surface area contributed by atoms with Crippen molar-refractivity contribution in [3.8, 4) is 5.75 Å². The first-order valence-corrected chi connectivity index (χ1v) is 6.34. The van der Waals surface area contributed by atoms with Crippen molar-refractivity contribution >= 4 is 9.84 Å². The van der Waals surface area contributed by atoms with Crippen LogP contribution < -0.4 is 4.74 Å². The van der Waals surface area contributed by atoms with Crippen LogP contribution in [0.15, 0.2) is 12.4 Å². The van der Waals surface area contributed by atoms with Crippen molar-refractivity contribution in [2.45, 2.75) is 18.9 Å². The molecule has 1 fully saturated rings. The lowest BCUT2D eigenvalue weighted by atomic mass is 10.2. The quantitative estimate of drug-likeness (QED) is 0.775. The first-order valence-electron chi connectivity index (χ1n) is 4.51. The maximum atomic E-state index is 11.3. The second-order valence-electron chi connectivity index (χ2n) is 3.43. The number of ether oxygens (including phenoxy) is 1. The van der Waals surface area contributed by atoms with Gasteiger partial charge in [0.25, 0.3) is 0 Å². The van der Waals surface area contributed by atoms with Crippen LogP contribution in [0.3, 0.4) is 0 Å². The van der Waals surface area contributed by atoms with Crippen LogP contribution in [0.5, 0.6) is 5.75 Å². The summed E-state index contributed by atoms with van der Waals surface area (Å²) in [6.45, 7) is 0. The lowest BCUT2D eigenvalue weighted by Gasteiger charge is -2.22. The number of H-pyrrole nitrogens is 1. The Bertz CT molecular complexity index is 385. The summed E-state index contributed by atoms with van der Waals surface area (Å²) in [4.78, 5) is 0. The lowest BCUT2D eigenvalue weighted by molar-refractivity contribution is 0.207. The third-order valence-electron chi connectivity index (χ3n) is 2.20. The predicted octanol–water partition coefficient (Wildman–Crippen LogP) is 0.366. The van der Waals surface area contributed by atoms with Crippen molar-refractivity contribution in [2.75, 3.05) is 11.5 Å². The zero-order valence-electron chi connectivity index (χ0n) is 7.64. The van der Waals surface area contributed by atoms with Crippen molar-refractivity contribution in [3.05, 3.63) is 12.4 Å². The minimum absolute atomic E-state index is 0.123. The van der Waals surface area contributed by atoms with Gasteiger partial charge in [0.15, 0.2) is 15.6 Å². The highest BCUT2D eigenvalue weighted by molar-refractivity contribution is 7.91. The Morgan fingerprint density at radius 2 is 2.43 bits per heavy atom. The number of rotatable bonds is 2. The number of hydrogen-bond donors (Lipinski definition) is 1. The first-order chi connectivity index (χ1) is 6.66. The van der Waals surface area contributed by atoms with Crippen LogP contribution in [0.2, 0.25) is 0 Å². The molecule has 1 aliphatic heterocycles. The SMILES string of the molecule is O=S1(=O)CCCC(Oc2cn[nH]c2)C1. The summed E-state index contributed by atoms with van der Waals surface area (Å²) in [6, 6.07) is 0. The molecule has 0 spiro atoms. The number of aromatic nitrogens is 2. The molecule has 1 aliphatic rings. The van der Waals surface area contributed by atoms with Crippen LogP contribution in [0.25, 0.3) is 0 Å². The molecule has 1 saturated heterocycles. The van der Waals surface area contributed by atoms with Crippen LogP contribution in [0.1, 0.15) is 12.8 Å². The topological polar surface area (TPSA) is 72.1 Å². The van der Waals surface area contributed by atoms with Gasteiger partial charge in [-0.25, -0.2) is 8.42 Å². The Morgan fingerprint density at radius 1 is 1.57 bits per heavy atom. The maximum absolute atomic E-state index is 11.3. The second kappa shape index (κ2) is 3.61. The fourth-order valence-corrected chi connectivity index (χ4v) is 3.14. The highest BCUT2D eigenvalue weighted by atomic mass is 32.2. The Morgan fingerprint density at radius 3 is 3.07 bits per heavy atom. The van der Waals surface area contributed by atoms with E-state index in [4.69, 9.17) is 4.74 Å². The Hall–Kier alpha value is -1.04. The summed E-state index contributed by atoms with van der Waals surface area (Å²) in [5.41, 5.74) is 0. The van der Waals surface area contributed by atoms with E-state index < -0.39 is 9.84 Å². The van der Waals surface area contributed by atoms with E-state index in [1.54, 1.807) is 12.4 Å². The van der Waals surface area contributed by atoms with E-state index >= 15 is 0 Å². The summed E-state index contributed by atoms with van der Waals surface area (Å²) in [6.07, 6.45) is 4.42. The first kappa shape index (κ1) is 9.51. The molecule has 1 atom stereocenters. The number of aromatic amines is 1. The zero-order chi connectivity index (χ0) is 10.0. The van der Waals surface area contributed by atoms with E-state index in [0.717, 1.165) is 6.42 Å². The van der Waals surface area contributed by atoms with Gasteiger partial charge in [-0.1, -0.05) is 0 Å². The molecule has 0 saturated carbocycles. The number of sulfone groups is 1. The number of nitrogens with one attached hydrogen (secondary N) is 1. The molecule has 6 heteroatoms. The van der Waals surface area contributed by atoms with Gasteiger partial charge >= 0.3 is 0 Å². The predicted molar refractivity (Wildman–Crippen MR) is 50.9 cm³/mol. The summed E-state index contributed by atoms with van der Waals surface area (Å²) in [7, 11) is -2.89. The van der Waals surface area contributed by atoms with Crippen molar-refractivity contribution < 1.29 is 13.2 Å². The summed E-state index contributed by atoms with van der Waals surface area (Å²) in [5, 5.41) is 6.34. The minimum Gasteiger partial charge on any atom is -0.486 e. The Balaban J connectivity index is 1.99. The monoisotopic (exact) mass is 216 g/mol. The molecule has 5 nitrogen and oxygen atoms in total. The van der Waals surface area contributed by atoms with Crippen LogP contribution in [-0.4, -0.2) is 36.2 Å². The van der Waals surface area contributed by atoms with E-state index in [1.165, 1.54) is 0 Å². The summed E-state index contributed by atoms with van der Waals surface area (Å²) >= 11 is 0. The van der Waals surface area contributed by atoms with Crippen LogP contribution in [-0.2, 0) is 9.84 Å². The fourth-order valence-electron chi connectivity index (χ4n) is 1.57. The molecule has 0 aromatic carbocycles. The highest BCUT2D eigenvalue weighted by Gasteiger charge is 2.26. The molecule has 1 aromatic rings. The molecule has 1 unspecified atom stereocenters. The van der Waals surface area contributed by atoms with E-state index in [1.807, 2.05) is 0 Å². The van der Waals surface area contributed by atoms with Gasteiger partial charge < -0.3 is 4.74 Å². The average molecular weight is 216 g/mol. The van der Waals surface area contributed by atoms with Crippen molar-refractivity contribution in [1.82, 2.24) is 10.2 Å². The minimum atomic E-state index is -2.89. The molecular weight excluding hydrogens is 204 g/mol. The molecule has 2 rings (SSSR count). The standard InChI is InChI=1S/C8H12N2O3S/c11-14(12)3-1-2-7(6-14)13-8-4-9-10-5-8/h4-5,7H,1-3,6H2,(H,9,10). The molecule has 78 valence electrons. The van der Waals surface area contributed by atoms with Gasteiger partial charge in [-0.15, -0.1) is 0 Å². The molecule has 1 aromatic heterocycles. The Kier molecular flexibility index (Phi) is 2.45. The zero-order valence-corrected chi connectivity index (χ0v) is 8.46. The molecule has 0 bridgehead atoms. The molecule has 0 aliphatic carbocycles. The van der Waals surface area contributed by atoms with Gasteiger partial charge in [0.2, 0.25) is 0 Å². The second-order valence-corrected chi connectivity index (χ2v) is 5.66. The molecule has 2 heterocycles. The molecular formula is C8H12N2O3S. The molecule has 0 radical (unpaired) electrons. The summed E-state index contributed by atoms with van der Waals surface area (Å²) in [5.74, 6) is 1.02. The number of hydrogen-bond acceptors (Lipinski definition) is 4. The van der Waals surface area contributed by atoms with E-state index in [0.29, 0.717) is 12.2 Å².